The van der Waals surface area contributed by atoms with Gasteiger partial charge in [-0.2, -0.15) is 0 Å². The van der Waals surface area contributed by atoms with E-state index in [9.17, 15) is 0 Å². The maximum Gasteiger partial charge on any atom is 0.167 e. The van der Waals surface area contributed by atoms with Crippen LogP contribution in [0.15, 0.2) is 78.2 Å². The molecule has 0 amide bonds. The van der Waals surface area contributed by atoms with Gasteiger partial charge in [0.1, 0.15) is 0 Å². The molecule has 116 valence electrons. The van der Waals surface area contributed by atoms with Crippen LogP contribution in [0.5, 0.6) is 0 Å². The molecular weight excluding hydrogens is 320 g/mol. The molecule has 0 aliphatic heterocycles. The Morgan fingerprint density at radius 2 is 1.48 bits per heavy atom. The number of nitrogens with one attached hydrogen (secondary N) is 2. The Bertz CT molecular complexity index is 685. The summed E-state index contributed by atoms with van der Waals surface area (Å²) < 4.78 is 0. The number of thiocarbonyl (C=S) groups is 1. The molecule has 0 unspecified atom stereocenters. The summed E-state index contributed by atoms with van der Waals surface area (Å²) in [5.41, 5.74) is 2.39. The Morgan fingerprint density at radius 3 is 2.00 bits per heavy atom. The Kier molecular flexibility index (Phi) is 5.40. The third kappa shape index (κ3) is 4.41. The monoisotopic (exact) mass is 338 g/mol. The van der Waals surface area contributed by atoms with Crippen LogP contribution in [0.25, 0.3) is 0 Å². The molecule has 0 saturated heterocycles. The minimum atomic E-state index is 0.0423. The zero-order chi connectivity index (χ0) is 15.9. The molecule has 1 aromatic heterocycles. The molecule has 0 saturated carbocycles. The Balaban J connectivity index is 1.72. The fourth-order valence-electron chi connectivity index (χ4n) is 2.41. The molecule has 0 spiro atoms. The lowest BCUT2D eigenvalue weighted by Crippen LogP contribution is -2.37. The van der Waals surface area contributed by atoms with Crippen LogP contribution in [0.2, 0.25) is 0 Å². The summed E-state index contributed by atoms with van der Waals surface area (Å²) in [7, 11) is 0. The highest BCUT2D eigenvalue weighted by molar-refractivity contribution is 7.80. The van der Waals surface area contributed by atoms with Crippen LogP contribution in [0.1, 0.15) is 22.0 Å². The molecule has 23 heavy (non-hydrogen) atoms. The van der Waals surface area contributed by atoms with Crippen molar-refractivity contribution in [2.75, 3.05) is 0 Å². The van der Waals surface area contributed by atoms with Crippen molar-refractivity contribution in [3.63, 3.8) is 0 Å². The summed E-state index contributed by atoms with van der Waals surface area (Å²) in [5.74, 6) is 0. The molecular formula is C19H18N2S2. The van der Waals surface area contributed by atoms with E-state index in [1.807, 2.05) is 12.1 Å². The van der Waals surface area contributed by atoms with Crippen LogP contribution in [0, 0.1) is 0 Å². The van der Waals surface area contributed by atoms with E-state index in [2.05, 4.69) is 76.7 Å². The maximum atomic E-state index is 5.49. The summed E-state index contributed by atoms with van der Waals surface area (Å²) >= 11 is 7.21. The van der Waals surface area contributed by atoms with Gasteiger partial charge < -0.3 is 10.6 Å². The van der Waals surface area contributed by atoms with Crippen LogP contribution in [0.4, 0.5) is 0 Å². The number of hydrogen-bond donors (Lipinski definition) is 2. The van der Waals surface area contributed by atoms with Crippen LogP contribution in [-0.4, -0.2) is 5.11 Å². The molecule has 2 nitrogen and oxygen atoms in total. The van der Waals surface area contributed by atoms with E-state index in [0.717, 1.165) is 6.54 Å². The van der Waals surface area contributed by atoms with Crippen molar-refractivity contribution in [1.29, 1.82) is 0 Å². The molecule has 0 atom stereocenters. The van der Waals surface area contributed by atoms with Crippen molar-refractivity contribution in [3.05, 3.63) is 94.2 Å². The molecule has 3 rings (SSSR count). The molecule has 0 aliphatic rings. The first-order chi connectivity index (χ1) is 11.3. The molecule has 0 aliphatic carbocycles. The SMILES string of the molecule is S=C(NCc1cccs1)NC(c1ccccc1)c1ccccc1. The van der Waals surface area contributed by atoms with Gasteiger partial charge >= 0.3 is 0 Å². The van der Waals surface area contributed by atoms with Gasteiger partial charge in [-0.15, -0.1) is 11.3 Å². The first-order valence-corrected chi connectivity index (χ1v) is 8.78. The van der Waals surface area contributed by atoms with Crippen molar-refractivity contribution in [3.8, 4) is 0 Å². The van der Waals surface area contributed by atoms with E-state index < -0.39 is 0 Å². The normalized spacial score (nSPS) is 10.5. The summed E-state index contributed by atoms with van der Waals surface area (Å²) in [4.78, 5) is 1.27. The number of thiophene rings is 1. The Morgan fingerprint density at radius 1 is 0.870 bits per heavy atom. The predicted octanol–water partition coefficient (Wildman–Crippen LogP) is 4.50. The quantitative estimate of drug-likeness (QED) is 0.670. The molecule has 0 bridgehead atoms. The predicted molar refractivity (Wildman–Crippen MR) is 102 cm³/mol. The second-order valence-corrected chi connectivity index (χ2v) is 6.60. The van der Waals surface area contributed by atoms with Gasteiger partial charge in [0.05, 0.1) is 12.6 Å². The molecule has 0 radical (unpaired) electrons. The van der Waals surface area contributed by atoms with Gasteiger partial charge in [-0.25, -0.2) is 0 Å². The third-order valence-electron chi connectivity index (χ3n) is 3.54. The highest BCUT2D eigenvalue weighted by atomic mass is 32.1. The van der Waals surface area contributed by atoms with Crippen LogP contribution < -0.4 is 10.6 Å². The highest BCUT2D eigenvalue weighted by Crippen LogP contribution is 2.21. The lowest BCUT2D eigenvalue weighted by molar-refractivity contribution is 0.737. The summed E-state index contributed by atoms with van der Waals surface area (Å²) in [6.07, 6.45) is 0. The highest BCUT2D eigenvalue weighted by Gasteiger charge is 2.14. The topological polar surface area (TPSA) is 24.1 Å². The van der Waals surface area contributed by atoms with E-state index >= 15 is 0 Å². The van der Waals surface area contributed by atoms with Crippen LogP contribution in [0.3, 0.4) is 0 Å². The van der Waals surface area contributed by atoms with Gasteiger partial charge in [-0.3, -0.25) is 0 Å². The van der Waals surface area contributed by atoms with E-state index in [0.29, 0.717) is 5.11 Å². The summed E-state index contributed by atoms with van der Waals surface area (Å²) in [6.45, 7) is 0.750. The molecule has 3 aromatic rings. The Hall–Kier alpha value is -2.17. The standard InChI is InChI=1S/C19H18N2S2/c22-19(20-14-17-12-7-13-23-17)21-18(15-8-3-1-4-9-15)16-10-5-2-6-11-16/h1-13,18H,14H2,(H2,20,21,22). The average molecular weight is 339 g/mol. The Labute approximate surface area is 146 Å². The van der Waals surface area contributed by atoms with Crippen molar-refractivity contribution < 1.29 is 0 Å². The zero-order valence-corrected chi connectivity index (χ0v) is 14.2. The number of benzene rings is 2. The van der Waals surface area contributed by atoms with E-state index in [-0.39, 0.29) is 6.04 Å². The third-order valence-corrected chi connectivity index (χ3v) is 4.68. The summed E-state index contributed by atoms with van der Waals surface area (Å²) in [5, 5.41) is 9.46. The second-order valence-electron chi connectivity index (χ2n) is 5.16. The first-order valence-electron chi connectivity index (χ1n) is 7.49. The van der Waals surface area contributed by atoms with Gasteiger partial charge in [-0.05, 0) is 34.8 Å². The molecule has 1 heterocycles. The van der Waals surface area contributed by atoms with Gasteiger partial charge in [0.25, 0.3) is 0 Å². The van der Waals surface area contributed by atoms with Gasteiger partial charge in [-0.1, -0.05) is 66.7 Å². The van der Waals surface area contributed by atoms with Crippen molar-refractivity contribution in [2.45, 2.75) is 12.6 Å². The minimum Gasteiger partial charge on any atom is -0.358 e. The van der Waals surface area contributed by atoms with Crippen LogP contribution in [-0.2, 0) is 6.54 Å². The fraction of sp³-hybridized carbons (Fsp3) is 0.105. The summed E-state index contributed by atoms with van der Waals surface area (Å²) in [6, 6.07) is 24.9. The first kappa shape index (κ1) is 15.7. The zero-order valence-electron chi connectivity index (χ0n) is 12.6. The van der Waals surface area contributed by atoms with E-state index in [4.69, 9.17) is 12.2 Å². The average Bonchev–Trinajstić information content (AvgIpc) is 3.13. The van der Waals surface area contributed by atoms with Crippen LogP contribution >= 0.6 is 23.6 Å². The van der Waals surface area contributed by atoms with Gasteiger partial charge in [0.15, 0.2) is 5.11 Å². The molecule has 0 fully saturated rings. The largest absolute Gasteiger partial charge is 0.358 e. The smallest absolute Gasteiger partial charge is 0.167 e. The fourth-order valence-corrected chi connectivity index (χ4v) is 3.25. The van der Waals surface area contributed by atoms with Crippen molar-refractivity contribution in [1.82, 2.24) is 10.6 Å². The van der Waals surface area contributed by atoms with Gasteiger partial charge in [0.2, 0.25) is 0 Å². The lowest BCUT2D eigenvalue weighted by atomic mass is 9.99. The number of rotatable bonds is 5. The molecule has 4 heteroatoms. The lowest BCUT2D eigenvalue weighted by Gasteiger charge is -2.22. The van der Waals surface area contributed by atoms with Gasteiger partial charge in [0, 0.05) is 4.88 Å². The van der Waals surface area contributed by atoms with E-state index in [1.54, 1.807) is 11.3 Å². The van der Waals surface area contributed by atoms with Crippen molar-refractivity contribution >= 4 is 28.7 Å². The maximum absolute atomic E-state index is 5.49. The molecule has 2 N–H and O–H groups in total. The molecule has 2 aromatic carbocycles. The minimum absolute atomic E-state index is 0.0423. The van der Waals surface area contributed by atoms with E-state index in [1.165, 1.54) is 16.0 Å². The second kappa shape index (κ2) is 7.90. The number of hydrogen-bond acceptors (Lipinski definition) is 2. The van der Waals surface area contributed by atoms with Crippen molar-refractivity contribution in [2.24, 2.45) is 0 Å².